The number of amides is 1. The number of carbonyl (C=O) groups is 1. The van der Waals surface area contributed by atoms with Crippen molar-refractivity contribution in [3.63, 3.8) is 0 Å². The molecule has 2 unspecified atom stereocenters. The molecule has 1 aromatic rings. The molecule has 1 heterocycles. The van der Waals surface area contributed by atoms with Gasteiger partial charge in [0.1, 0.15) is 5.60 Å². The number of piperidine rings is 1. The lowest BCUT2D eigenvalue weighted by atomic mass is 9.94. The first-order valence-electron chi connectivity index (χ1n) is 7.42. The lowest BCUT2D eigenvalue weighted by Gasteiger charge is -2.32. The normalized spacial score (nSPS) is 22.2. The number of rotatable bonds is 2. The number of hydrogen-bond acceptors (Lipinski definition) is 3. The first-order valence-corrected chi connectivity index (χ1v) is 8.59. The fraction of sp³-hybridized carbons (Fsp3) is 0.562. The van der Waals surface area contributed by atoms with Crippen LogP contribution in [0.1, 0.15) is 45.2 Å². The number of nitrogens with one attached hydrogen (secondary N) is 2. The summed E-state index contributed by atoms with van der Waals surface area (Å²) in [7, 11) is 0. The van der Waals surface area contributed by atoms with Crippen LogP contribution in [-0.2, 0) is 4.74 Å². The average Bonchev–Trinajstić information content (AvgIpc) is 2.39. The van der Waals surface area contributed by atoms with Gasteiger partial charge >= 0.3 is 6.09 Å². The Bertz CT molecular complexity index is 545. The molecule has 0 aromatic heterocycles. The molecule has 1 amide bonds. The third-order valence-corrected chi connectivity index (χ3v) is 4.30. The second kappa shape index (κ2) is 7.20. The van der Waals surface area contributed by atoms with Crippen LogP contribution in [0.2, 0.25) is 5.02 Å². The van der Waals surface area contributed by atoms with E-state index in [9.17, 15) is 4.79 Å². The van der Waals surface area contributed by atoms with Crippen molar-refractivity contribution in [2.45, 2.75) is 51.3 Å². The number of ether oxygens (including phenoxy) is 1. The van der Waals surface area contributed by atoms with E-state index in [-0.39, 0.29) is 18.2 Å². The molecule has 1 aliphatic rings. The predicted octanol–water partition coefficient (Wildman–Crippen LogP) is 4.42. The number of hydrogen-bond donors (Lipinski definition) is 2. The fourth-order valence-electron chi connectivity index (χ4n) is 2.54. The monoisotopic (exact) mass is 388 g/mol. The summed E-state index contributed by atoms with van der Waals surface area (Å²) in [6, 6.07) is 6.03. The third kappa shape index (κ3) is 5.14. The van der Waals surface area contributed by atoms with Gasteiger partial charge < -0.3 is 15.4 Å². The highest BCUT2D eigenvalue weighted by atomic mass is 79.9. The van der Waals surface area contributed by atoms with Gasteiger partial charge in [-0.2, -0.15) is 0 Å². The minimum atomic E-state index is -0.482. The van der Waals surface area contributed by atoms with Gasteiger partial charge in [0, 0.05) is 21.6 Å². The van der Waals surface area contributed by atoms with E-state index in [1.807, 2.05) is 39.0 Å². The van der Waals surface area contributed by atoms with E-state index in [4.69, 9.17) is 16.3 Å². The van der Waals surface area contributed by atoms with Gasteiger partial charge in [-0.15, -0.1) is 0 Å². The largest absolute Gasteiger partial charge is 0.444 e. The molecule has 0 aliphatic carbocycles. The van der Waals surface area contributed by atoms with Crippen LogP contribution in [0.5, 0.6) is 0 Å². The number of carbonyl (C=O) groups excluding carboxylic acids is 1. The van der Waals surface area contributed by atoms with Crippen LogP contribution in [0.4, 0.5) is 4.79 Å². The highest BCUT2D eigenvalue weighted by Gasteiger charge is 2.27. The smallest absolute Gasteiger partial charge is 0.407 e. The standard InChI is InChI=1S/C16H22BrClN2O2/c1-16(2,3)22-15(21)20-11-6-7-19-14(9-11)12-8-10(17)4-5-13(12)18/h4-5,8,11,14,19H,6-7,9H2,1-3H3,(H,20,21). The summed E-state index contributed by atoms with van der Waals surface area (Å²) in [6.45, 7) is 6.41. The molecule has 1 aliphatic heterocycles. The molecule has 1 saturated heterocycles. The maximum atomic E-state index is 11.9. The Morgan fingerprint density at radius 3 is 2.86 bits per heavy atom. The van der Waals surface area contributed by atoms with Gasteiger partial charge in [-0.3, -0.25) is 0 Å². The van der Waals surface area contributed by atoms with Crippen LogP contribution in [0.3, 0.4) is 0 Å². The van der Waals surface area contributed by atoms with Crippen LogP contribution in [0, 0.1) is 0 Å². The Balaban J connectivity index is 2.00. The lowest BCUT2D eigenvalue weighted by molar-refractivity contribution is 0.0490. The molecule has 1 fully saturated rings. The molecule has 22 heavy (non-hydrogen) atoms. The number of benzene rings is 1. The van der Waals surface area contributed by atoms with Crippen molar-refractivity contribution < 1.29 is 9.53 Å². The van der Waals surface area contributed by atoms with Gasteiger partial charge in [0.2, 0.25) is 0 Å². The summed E-state index contributed by atoms with van der Waals surface area (Å²) >= 11 is 9.77. The number of halogens is 2. The zero-order chi connectivity index (χ0) is 16.3. The van der Waals surface area contributed by atoms with Crippen LogP contribution in [0.25, 0.3) is 0 Å². The van der Waals surface area contributed by atoms with Gasteiger partial charge in [0.05, 0.1) is 0 Å². The quantitative estimate of drug-likeness (QED) is 0.787. The van der Waals surface area contributed by atoms with Crippen LogP contribution in [-0.4, -0.2) is 24.3 Å². The zero-order valence-corrected chi connectivity index (χ0v) is 15.4. The van der Waals surface area contributed by atoms with E-state index < -0.39 is 5.60 Å². The van der Waals surface area contributed by atoms with E-state index >= 15 is 0 Å². The summed E-state index contributed by atoms with van der Waals surface area (Å²) in [6.07, 6.45) is 1.30. The molecule has 0 radical (unpaired) electrons. The molecule has 0 bridgehead atoms. The third-order valence-electron chi connectivity index (χ3n) is 3.46. The van der Waals surface area contributed by atoms with Crippen molar-refractivity contribution in [2.75, 3.05) is 6.54 Å². The van der Waals surface area contributed by atoms with Gasteiger partial charge in [0.15, 0.2) is 0 Å². The molecule has 6 heteroatoms. The molecule has 2 rings (SSSR count). The Hall–Kier alpha value is -0.780. The number of alkyl carbamates (subject to hydrolysis) is 1. The minimum absolute atomic E-state index is 0.0798. The van der Waals surface area contributed by atoms with E-state index in [1.165, 1.54) is 0 Å². The molecule has 0 saturated carbocycles. The second-order valence-electron chi connectivity index (χ2n) is 6.54. The molecular formula is C16H22BrClN2O2. The van der Waals surface area contributed by atoms with Crippen LogP contribution in [0.15, 0.2) is 22.7 Å². The summed E-state index contributed by atoms with van der Waals surface area (Å²) < 4.78 is 6.32. The van der Waals surface area contributed by atoms with Gasteiger partial charge in [0.25, 0.3) is 0 Å². The SMILES string of the molecule is CC(C)(C)OC(=O)NC1CCNC(c2cc(Br)ccc2Cl)C1. The molecule has 2 N–H and O–H groups in total. The minimum Gasteiger partial charge on any atom is -0.444 e. The van der Waals surface area contributed by atoms with E-state index in [1.54, 1.807) is 0 Å². The van der Waals surface area contributed by atoms with E-state index in [2.05, 4.69) is 26.6 Å². The Morgan fingerprint density at radius 1 is 1.45 bits per heavy atom. The topological polar surface area (TPSA) is 50.4 Å². The fourth-order valence-corrected chi connectivity index (χ4v) is 3.17. The first-order chi connectivity index (χ1) is 10.2. The second-order valence-corrected chi connectivity index (χ2v) is 7.86. The van der Waals surface area contributed by atoms with Crippen LogP contribution < -0.4 is 10.6 Å². The molecule has 122 valence electrons. The van der Waals surface area contributed by atoms with E-state index in [0.717, 1.165) is 34.4 Å². The molecule has 4 nitrogen and oxygen atoms in total. The Labute approximate surface area is 145 Å². The predicted molar refractivity (Wildman–Crippen MR) is 92.3 cm³/mol. The van der Waals surface area contributed by atoms with Crippen LogP contribution >= 0.6 is 27.5 Å². The maximum Gasteiger partial charge on any atom is 0.407 e. The zero-order valence-electron chi connectivity index (χ0n) is 13.1. The summed E-state index contributed by atoms with van der Waals surface area (Å²) in [5, 5.41) is 7.15. The lowest BCUT2D eigenvalue weighted by Crippen LogP contribution is -2.45. The van der Waals surface area contributed by atoms with E-state index in [0.29, 0.717) is 0 Å². The molecule has 0 spiro atoms. The van der Waals surface area contributed by atoms with Gasteiger partial charge in [-0.05, 0) is 63.9 Å². The van der Waals surface area contributed by atoms with Crippen molar-refractivity contribution in [1.82, 2.24) is 10.6 Å². The molecule has 1 aromatic carbocycles. The Kier molecular flexibility index (Phi) is 5.75. The first kappa shape index (κ1) is 17.6. The molecule has 2 atom stereocenters. The summed E-state index contributed by atoms with van der Waals surface area (Å²) in [4.78, 5) is 11.9. The Morgan fingerprint density at radius 2 is 2.18 bits per heavy atom. The highest BCUT2D eigenvalue weighted by Crippen LogP contribution is 2.31. The highest BCUT2D eigenvalue weighted by molar-refractivity contribution is 9.10. The van der Waals surface area contributed by atoms with Gasteiger partial charge in [-0.1, -0.05) is 27.5 Å². The summed E-state index contributed by atoms with van der Waals surface area (Å²) in [5.74, 6) is 0. The average molecular weight is 390 g/mol. The van der Waals surface area contributed by atoms with Crippen molar-refractivity contribution >= 4 is 33.6 Å². The van der Waals surface area contributed by atoms with Crippen molar-refractivity contribution in [3.8, 4) is 0 Å². The van der Waals surface area contributed by atoms with Crippen molar-refractivity contribution in [2.24, 2.45) is 0 Å². The van der Waals surface area contributed by atoms with Gasteiger partial charge in [-0.25, -0.2) is 4.79 Å². The van der Waals surface area contributed by atoms with Crippen molar-refractivity contribution in [3.05, 3.63) is 33.3 Å². The maximum absolute atomic E-state index is 11.9. The molecular weight excluding hydrogens is 368 g/mol. The summed E-state index contributed by atoms with van der Waals surface area (Å²) in [5.41, 5.74) is 0.566. The van der Waals surface area contributed by atoms with Crippen molar-refractivity contribution in [1.29, 1.82) is 0 Å².